The number of aromatic nitrogens is 3. The number of amides is 1. The van der Waals surface area contributed by atoms with Crippen molar-refractivity contribution >= 4 is 33.4 Å². The minimum absolute atomic E-state index is 0.239. The Labute approximate surface area is 164 Å². The van der Waals surface area contributed by atoms with Crippen molar-refractivity contribution in [3.05, 3.63) is 70.2 Å². The second-order valence-electron chi connectivity index (χ2n) is 5.51. The summed E-state index contributed by atoms with van der Waals surface area (Å²) in [6.45, 7) is 1.92. The van der Waals surface area contributed by atoms with Crippen LogP contribution in [-0.2, 0) is 11.3 Å². The van der Waals surface area contributed by atoms with Crippen molar-refractivity contribution in [3.8, 4) is 11.4 Å². The number of nitrogens with one attached hydrogen (secondary N) is 1. The van der Waals surface area contributed by atoms with E-state index in [1.807, 2.05) is 34.9 Å². The first-order chi connectivity index (χ1) is 12.5. The van der Waals surface area contributed by atoms with Gasteiger partial charge in [-0.1, -0.05) is 29.8 Å². The smallest absolute Gasteiger partial charge is 0.261 e. The fraction of sp³-hybridized carbons (Fsp3) is 0.167. The van der Waals surface area contributed by atoms with Crippen LogP contribution in [0.3, 0.4) is 0 Å². The van der Waals surface area contributed by atoms with Gasteiger partial charge in [0.2, 0.25) is 0 Å². The zero-order valence-electron chi connectivity index (χ0n) is 13.9. The number of hydrogen-bond donors (Lipinski definition) is 1. The molecule has 1 amide bonds. The van der Waals surface area contributed by atoms with Gasteiger partial charge in [-0.2, -0.15) is 0 Å². The lowest BCUT2D eigenvalue weighted by Gasteiger charge is -2.16. The summed E-state index contributed by atoms with van der Waals surface area (Å²) in [5, 5.41) is 11.4. The Balaban J connectivity index is 1.62. The Morgan fingerprint density at radius 1 is 1.31 bits per heavy atom. The molecule has 134 valence electrons. The van der Waals surface area contributed by atoms with Gasteiger partial charge in [-0.05, 0) is 53.2 Å². The normalized spacial score (nSPS) is 11.8. The number of para-hydroxylation sites is 1. The van der Waals surface area contributed by atoms with E-state index < -0.39 is 6.10 Å². The van der Waals surface area contributed by atoms with Crippen LogP contribution in [0.25, 0.3) is 5.69 Å². The van der Waals surface area contributed by atoms with Crippen LogP contribution in [0.1, 0.15) is 12.7 Å². The van der Waals surface area contributed by atoms with E-state index in [0.717, 1.165) is 5.69 Å². The molecule has 0 aliphatic rings. The first kappa shape index (κ1) is 18.4. The minimum Gasteiger partial charge on any atom is -0.480 e. The second kappa shape index (κ2) is 8.33. The molecule has 0 saturated heterocycles. The highest BCUT2D eigenvalue weighted by Crippen LogP contribution is 2.28. The highest BCUT2D eigenvalue weighted by molar-refractivity contribution is 9.10. The summed E-state index contributed by atoms with van der Waals surface area (Å²) in [5.74, 6) is 0.920. The summed E-state index contributed by atoms with van der Waals surface area (Å²) >= 11 is 9.28. The number of rotatable bonds is 6. The predicted molar refractivity (Wildman–Crippen MR) is 102 cm³/mol. The molecule has 0 spiro atoms. The molecule has 0 aliphatic heterocycles. The number of halogens is 2. The highest BCUT2D eigenvalue weighted by Gasteiger charge is 2.17. The van der Waals surface area contributed by atoms with E-state index in [9.17, 15) is 4.79 Å². The van der Waals surface area contributed by atoms with Crippen molar-refractivity contribution in [3.63, 3.8) is 0 Å². The first-order valence-corrected chi connectivity index (χ1v) is 9.05. The molecule has 0 radical (unpaired) electrons. The molecule has 1 atom stereocenters. The van der Waals surface area contributed by atoms with E-state index >= 15 is 0 Å². The maximum absolute atomic E-state index is 12.3. The van der Waals surface area contributed by atoms with E-state index in [1.165, 1.54) is 0 Å². The molecule has 0 saturated carbocycles. The first-order valence-electron chi connectivity index (χ1n) is 7.88. The van der Waals surface area contributed by atoms with Gasteiger partial charge in [0, 0.05) is 10.7 Å². The van der Waals surface area contributed by atoms with Gasteiger partial charge in [-0.15, -0.1) is 10.2 Å². The lowest BCUT2D eigenvalue weighted by molar-refractivity contribution is -0.127. The monoisotopic (exact) mass is 434 g/mol. The van der Waals surface area contributed by atoms with Gasteiger partial charge < -0.3 is 10.1 Å². The quantitative estimate of drug-likeness (QED) is 0.640. The summed E-state index contributed by atoms with van der Waals surface area (Å²) in [5.41, 5.74) is 0.927. The summed E-state index contributed by atoms with van der Waals surface area (Å²) in [6, 6.07) is 14.8. The molecule has 26 heavy (non-hydrogen) atoms. The Bertz CT molecular complexity index is 901. The summed E-state index contributed by atoms with van der Waals surface area (Å²) in [7, 11) is 0. The molecule has 0 fully saturated rings. The minimum atomic E-state index is -0.680. The van der Waals surface area contributed by atoms with Gasteiger partial charge in [0.05, 0.1) is 11.0 Å². The van der Waals surface area contributed by atoms with Crippen molar-refractivity contribution in [2.24, 2.45) is 0 Å². The van der Waals surface area contributed by atoms with Gasteiger partial charge >= 0.3 is 0 Å². The maximum Gasteiger partial charge on any atom is 0.261 e. The van der Waals surface area contributed by atoms with E-state index in [4.69, 9.17) is 16.3 Å². The number of carbonyl (C=O) groups excluding carboxylic acids is 1. The van der Waals surface area contributed by atoms with Gasteiger partial charge in [0.1, 0.15) is 12.1 Å². The van der Waals surface area contributed by atoms with Crippen LogP contribution in [0.4, 0.5) is 0 Å². The van der Waals surface area contributed by atoms with E-state index in [1.54, 1.807) is 31.5 Å². The number of carbonyl (C=O) groups is 1. The van der Waals surface area contributed by atoms with Crippen LogP contribution >= 0.6 is 27.5 Å². The fourth-order valence-corrected chi connectivity index (χ4v) is 3.08. The van der Waals surface area contributed by atoms with Crippen LogP contribution in [-0.4, -0.2) is 26.8 Å². The Hall–Kier alpha value is -2.38. The molecule has 3 rings (SSSR count). The lowest BCUT2D eigenvalue weighted by atomic mass is 10.3. The second-order valence-corrected chi connectivity index (χ2v) is 6.80. The molecule has 8 heteroatoms. The van der Waals surface area contributed by atoms with Gasteiger partial charge in [-0.3, -0.25) is 9.36 Å². The van der Waals surface area contributed by atoms with Crippen LogP contribution in [0.5, 0.6) is 5.75 Å². The van der Waals surface area contributed by atoms with Gasteiger partial charge in [0.25, 0.3) is 5.91 Å². The van der Waals surface area contributed by atoms with Crippen LogP contribution in [0.15, 0.2) is 59.3 Å². The van der Waals surface area contributed by atoms with Crippen molar-refractivity contribution < 1.29 is 9.53 Å². The molecule has 0 unspecified atom stereocenters. The van der Waals surface area contributed by atoms with Crippen molar-refractivity contribution in [2.45, 2.75) is 19.6 Å². The van der Waals surface area contributed by atoms with Gasteiger partial charge in [-0.25, -0.2) is 0 Å². The lowest BCUT2D eigenvalue weighted by Crippen LogP contribution is -2.36. The van der Waals surface area contributed by atoms with Crippen molar-refractivity contribution in [1.29, 1.82) is 0 Å². The molecular formula is C18H16BrClN4O2. The molecule has 6 nitrogen and oxygen atoms in total. The molecule has 3 aromatic rings. The third-order valence-corrected chi connectivity index (χ3v) is 4.50. The Morgan fingerprint density at radius 3 is 2.81 bits per heavy atom. The predicted octanol–water partition coefficient (Wildman–Crippen LogP) is 3.77. The molecule has 1 N–H and O–H groups in total. The largest absolute Gasteiger partial charge is 0.480 e. The molecule has 0 bridgehead atoms. The average molecular weight is 436 g/mol. The van der Waals surface area contributed by atoms with Crippen LogP contribution < -0.4 is 10.1 Å². The van der Waals surface area contributed by atoms with Crippen LogP contribution in [0, 0.1) is 0 Å². The summed E-state index contributed by atoms with van der Waals surface area (Å²) in [4.78, 5) is 12.3. The topological polar surface area (TPSA) is 69.0 Å². The van der Waals surface area contributed by atoms with E-state index in [0.29, 0.717) is 21.1 Å². The third kappa shape index (κ3) is 4.42. The average Bonchev–Trinajstić information content (AvgIpc) is 3.11. The SMILES string of the molecule is C[C@@H](Oc1ccc(Cl)cc1Br)C(=O)NCc1nncn1-c1ccccc1. The standard InChI is InChI=1S/C18H16BrClN4O2/c1-12(26-16-8-7-13(20)9-15(16)19)18(25)21-10-17-23-22-11-24(17)14-5-3-2-4-6-14/h2-9,11-12H,10H2,1H3,(H,21,25)/t12-/m1/s1. The number of ether oxygens (including phenoxy) is 1. The van der Waals surface area contributed by atoms with E-state index in [-0.39, 0.29) is 12.5 Å². The molecule has 1 heterocycles. The van der Waals surface area contributed by atoms with Crippen LogP contribution in [0.2, 0.25) is 5.02 Å². The number of hydrogen-bond acceptors (Lipinski definition) is 4. The summed E-state index contributed by atoms with van der Waals surface area (Å²) in [6.07, 6.45) is 0.933. The van der Waals surface area contributed by atoms with Crippen molar-refractivity contribution in [2.75, 3.05) is 0 Å². The third-order valence-electron chi connectivity index (χ3n) is 3.64. The molecule has 1 aromatic heterocycles. The zero-order valence-corrected chi connectivity index (χ0v) is 16.2. The highest BCUT2D eigenvalue weighted by atomic mass is 79.9. The Morgan fingerprint density at radius 2 is 2.08 bits per heavy atom. The molecule has 0 aliphatic carbocycles. The molecule has 2 aromatic carbocycles. The summed E-state index contributed by atoms with van der Waals surface area (Å²) < 4.78 is 8.20. The Kier molecular flexibility index (Phi) is 5.90. The zero-order chi connectivity index (χ0) is 18.5. The van der Waals surface area contributed by atoms with Gasteiger partial charge in [0.15, 0.2) is 11.9 Å². The van der Waals surface area contributed by atoms with E-state index in [2.05, 4.69) is 31.4 Å². The van der Waals surface area contributed by atoms with Crippen molar-refractivity contribution in [1.82, 2.24) is 20.1 Å². The number of nitrogens with zero attached hydrogens (tertiary/aromatic N) is 3. The fourth-order valence-electron chi connectivity index (χ4n) is 2.31. The molecular weight excluding hydrogens is 420 g/mol. The number of benzene rings is 2. The maximum atomic E-state index is 12.3.